The van der Waals surface area contributed by atoms with Crippen molar-refractivity contribution in [1.82, 2.24) is 10.2 Å². The van der Waals surface area contributed by atoms with Crippen LogP contribution in [0, 0.1) is 6.92 Å². The van der Waals surface area contributed by atoms with E-state index in [0.717, 1.165) is 54.4 Å². The Bertz CT molecular complexity index is 1450. The SMILES string of the molecule is CCc1ccc(N(CCCC(=O)N(Cc2ccccc2C)[C@H](Cc2ccccc2)C(=O)NC2CCCC2)S(C)(=O)=O)cc1. The predicted octanol–water partition coefficient (Wildman–Crippen LogP) is 5.80. The van der Waals surface area contributed by atoms with Gasteiger partial charge in [-0.2, -0.15) is 0 Å². The lowest BCUT2D eigenvalue weighted by molar-refractivity contribution is -0.141. The third-order valence-corrected chi connectivity index (χ3v) is 9.55. The van der Waals surface area contributed by atoms with Gasteiger partial charge in [0.1, 0.15) is 6.04 Å². The van der Waals surface area contributed by atoms with Gasteiger partial charge in [-0.3, -0.25) is 13.9 Å². The van der Waals surface area contributed by atoms with Crippen LogP contribution in [-0.2, 0) is 39.0 Å². The summed E-state index contributed by atoms with van der Waals surface area (Å²) >= 11 is 0. The van der Waals surface area contributed by atoms with E-state index in [1.807, 2.05) is 85.8 Å². The van der Waals surface area contributed by atoms with Gasteiger partial charge in [0.15, 0.2) is 0 Å². The van der Waals surface area contributed by atoms with Crippen molar-refractivity contribution in [2.24, 2.45) is 0 Å². The van der Waals surface area contributed by atoms with Gasteiger partial charge in [-0.1, -0.05) is 86.5 Å². The minimum absolute atomic E-state index is 0.118. The first-order chi connectivity index (χ1) is 20.7. The molecule has 7 nitrogen and oxygen atoms in total. The summed E-state index contributed by atoms with van der Waals surface area (Å²) in [7, 11) is -3.55. The molecule has 0 spiro atoms. The van der Waals surface area contributed by atoms with Gasteiger partial charge in [0, 0.05) is 32.0 Å². The first kappa shape index (κ1) is 32.3. The average molecular weight is 604 g/mol. The first-order valence-electron chi connectivity index (χ1n) is 15.4. The number of nitrogens with zero attached hydrogens (tertiary/aromatic N) is 2. The van der Waals surface area contributed by atoms with E-state index in [2.05, 4.69) is 12.2 Å². The molecule has 1 saturated carbocycles. The summed E-state index contributed by atoms with van der Waals surface area (Å²) in [5, 5.41) is 3.24. The fourth-order valence-electron chi connectivity index (χ4n) is 5.79. The highest BCUT2D eigenvalue weighted by Gasteiger charge is 2.32. The van der Waals surface area contributed by atoms with Gasteiger partial charge in [0.05, 0.1) is 11.9 Å². The quantitative estimate of drug-likeness (QED) is 0.252. The molecule has 1 fully saturated rings. The van der Waals surface area contributed by atoms with Crippen LogP contribution in [0.1, 0.15) is 67.7 Å². The Morgan fingerprint density at radius 2 is 1.56 bits per heavy atom. The highest BCUT2D eigenvalue weighted by atomic mass is 32.2. The van der Waals surface area contributed by atoms with E-state index < -0.39 is 16.1 Å². The molecule has 0 saturated heterocycles. The van der Waals surface area contributed by atoms with Gasteiger partial charge in [-0.15, -0.1) is 0 Å². The van der Waals surface area contributed by atoms with Crippen molar-refractivity contribution in [2.45, 2.75) is 83.8 Å². The maximum absolute atomic E-state index is 14.1. The molecule has 0 aromatic heterocycles. The Kier molecular flexibility index (Phi) is 11.4. The summed E-state index contributed by atoms with van der Waals surface area (Å²) < 4.78 is 26.8. The molecule has 0 bridgehead atoms. The summed E-state index contributed by atoms with van der Waals surface area (Å²) in [5.74, 6) is -0.299. The minimum atomic E-state index is -3.55. The fraction of sp³-hybridized carbons (Fsp3) is 0.429. The Labute approximate surface area is 257 Å². The van der Waals surface area contributed by atoms with E-state index in [9.17, 15) is 18.0 Å². The van der Waals surface area contributed by atoms with Crippen LogP contribution in [0.3, 0.4) is 0 Å². The third kappa shape index (κ3) is 9.17. The molecule has 230 valence electrons. The number of benzene rings is 3. The molecule has 1 N–H and O–H groups in total. The highest BCUT2D eigenvalue weighted by Crippen LogP contribution is 2.23. The summed E-state index contributed by atoms with van der Waals surface area (Å²) in [6, 6.07) is 24.7. The van der Waals surface area contributed by atoms with Gasteiger partial charge in [0.2, 0.25) is 21.8 Å². The van der Waals surface area contributed by atoms with Crippen LogP contribution < -0.4 is 9.62 Å². The Balaban J connectivity index is 1.58. The molecule has 1 aliphatic rings. The standard InChI is InChI=1S/C35H45N3O4S/c1-4-28-20-22-32(23-21-28)38(43(3,41)42)24-12-19-34(39)37(26-30-16-9-8-13-27(30)2)33(25-29-14-6-5-7-15-29)35(40)36-31-17-10-11-18-31/h5-9,13-16,20-23,31,33H,4,10-12,17-19,24-26H2,1-3H3,(H,36,40)/t33-/m1/s1. The molecule has 2 amide bonds. The molecule has 0 unspecified atom stereocenters. The number of nitrogens with one attached hydrogen (secondary N) is 1. The maximum atomic E-state index is 14.1. The van der Waals surface area contributed by atoms with Gasteiger partial charge in [0.25, 0.3) is 0 Å². The lowest BCUT2D eigenvalue weighted by Crippen LogP contribution is -2.52. The minimum Gasteiger partial charge on any atom is -0.352 e. The number of hydrogen-bond donors (Lipinski definition) is 1. The molecule has 1 aliphatic carbocycles. The monoisotopic (exact) mass is 603 g/mol. The summed E-state index contributed by atoms with van der Waals surface area (Å²) in [5.41, 5.74) is 4.72. The summed E-state index contributed by atoms with van der Waals surface area (Å²) in [6.07, 6.45) is 7.00. The molecule has 1 atom stereocenters. The number of hydrogen-bond acceptors (Lipinski definition) is 4. The van der Waals surface area contributed by atoms with Crippen LogP contribution in [0.5, 0.6) is 0 Å². The van der Waals surface area contributed by atoms with Crippen molar-refractivity contribution in [3.05, 3.63) is 101 Å². The molecule has 0 radical (unpaired) electrons. The highest BCUT2D eigenvalue weighted by molar-refractivity contribution is 7.92. The smallest absolute Gasteiger partial charge is 0.243 e. The molecular formula is C35H45N3O4S. The van der Waals surface area contributed by atoms with Crippen molar-refractivity contribution in [3.8, 4) is 0 Å². The van der Waals surface area contributed by atoms with E-state index in [4.69, 9.17) is 0 Å². The second-order valence-electron chi connectivity index (χ2n) is 11.6. The number of carbonyl (C=O) groups is 2. The number of amides is 2. The van der Waals surface area contributed by atoms with Crippen molar-refractivity contribution in [2.75, 3.05) is 17.1 Å². The van der Waals surface area contributed by atoms with Gasteiger partial charge in [-0.25, -0.2) is 8.42 Å². The number of aryl methyl sites for hydroxylation is 2. The number of anilines is 1. The second kappa shape index (κ2) is 15.2. The van der Waals surface area contributed by atoms with E-state index in [1.165, 1.54) is 10.6 Å². The Hall–Kier alpha value is -3.65. The van der Waals surface area contributed by atoms with Crippen LogP contribution in [-0.4, -0.2) is 50.0 Å². The second-order valence-corrected chi connectivity index (χ2v) is 13.5. The topological polar surface area (TPSA) is 86.8 Å². The van der Waals surface area contributed by atoms with Crippen LogP contribution in [0.2, 0.25) is 0 Å². The van der Waals surface area contributed by atoms with E-state index >= 15 is 0 Å². The lowest BCUT2D eigenvalue weighted by Gasteiger charge is -2.33. The van der Waals surface area contributed by atoms with E-state index in [1.54, 1.807) is 4.90 Å². The van der Waals surface area contributed by atoms with Crippen molar-refractivity contribution in [3.63, 3.8) is 0 Å². The predicted molar refractivity (Wildman–Crippen MR) is 173 cm³/mol. The average Bonchev–Trinajstić information content (AvgIpc) is 3.51. The zero-order valence-electron chi connectivity index (χ0n) is 25.7. The molecule has 4 rings (SSSR count). The lowest BCUT2D eigenvalue weighted by atomic mass is 10.0. The van der Waals surface area contributed by atoms with Crippen molar-refractivity contribution >= 4 is 27.5 Å². The van der Waals surface area contributed by atoms with Gasteiger partial charge >= 0.3 is 0 Å². The molecule has 0 aliphatic heterocycles. The van der Waals surface area contributed by atoms with Crippen LogP contribution in [0.4, 0.5) is 5.69 Å². The normalized spacial score (nSPS) is 14.3. The van der Waals surface area contributed by atoms with Crippen molar-refractivity contribution < 1.29 is 18.0 Å². The molecule has 43 heavy (non-hydrogen) atoms. The van der Waals surface area contributed by atoms with Gasteiger partial charge in [-0.05, 0) is 67.0 Å². The largest absolute Gasteiger partial charge is 0.352 e. The summed E-state index contributed by atoms with van der Waals surface area (Å²) in [6.45, 7) is 4.54. The number of carbonyl (C=O) groups excluding carboxylic acids is 2. The zero-order valence-corrected chi connectivity index (χ0v) is 26.5. The van der Waals surface area contributed by atoms with Crippen LogP contribution in [0.15, 0.2) is 78.9 Å². The van der Waals surface area contributed by atoms with E-state index in [0.29, 0.717) is 25.1 Å². The zero-order chi connectivity index (χ0) is 30.8. The fourth-order valence-corrected chi connectivity index (χ4v) is 6.76. The molecule has 3 aromatic carbocycles. The molecule has 3 aromatic rings. The first-order valence-corrected chi connectivity index (χ1v) is 17.3. The van der Waals surface area contributed by atoms with Crippen LogP contribution >= 0.6 is 0 Å². The van der Waals surface area contributed by atoms with Gasteiger partial charge < -0.3 is 10.2 Å². The molecule has 0 heterocycles. The maximum Gasteiger partial charge on any atom is 0.243 e. The Morgan fingerprint density at radius 1 is 0.907 bits per heavy atom. The summed E-state index contributed by atoms with van der Waals surface area (Å²) in [4.78, 5) is 29.7. The third-order valence-electron chi connectivity index (χ3n) is 8.36. The number of rotatable bonds is 14. The van der Waals surface area contributed by atoms with Crippen LogP contribution in [0.25, 0.3) is 0 Å². The number of sulfonamides is 1. The Morgan fingerprint density at radius 3 is 2.19 bits per heavy atom. The molecular weight excluding hydrogens is 558 g/mol. The van der Waals surface area contributed by atoms with Crippen molar-refractivity contribution in [1.29, 1.82) is 0 Å². The molecule has 8 heteroatoms. The van der Waals surface area contributed by atoms with E-state index in [-0.39, 0.29) is 30.8 Å².